The van der Waals surface area contributed by atoms with Crippen LogP contribution in [0.4, 0.5) is 5.95 Å². The van der Waals surface area contributed by atoms with Crippen LogP contribution in [-0.4, -0.2) is 46.0 Å². The second-order valence-corrected chi connectivity index (χ2v) is 9.49. The van der Waals surface area contributed by atoms with Crippen molar-refractivity contribution in [3.05, 3.63) is 94.6 Å². The molecule has 4 aromatic rings. The lowest BCUT2D eigenvalue weighted by Crippen LogP contribution is -2.42. The first-order chi connectivity index (χ1) is 17.7. The zero-order chi connectivity index (χ0) is 26.5. The fourth-order valence-electron chi connectivity index (χ4n) is 3.78. The van der Waals surface area contributed by atoms with Crippen LogP contribution >= 0.6 is 23.2 Å². The van der Waals surface area contributed by atoms with E-state index >= 15 is 0 Å². The Labute approximate surface area is 225 Å². The largest absolute Gasteiger partial charge is 0.497 e. The summed E-state index contributed by atoms with van der Waals surface area (Å²) in [7, 11) is 1.54. The van der Waals surface area contributed by atoms with E-state index in [9.17, 15) is 9.59 Å². The van der Waals surface area contributed by atoms with E-state index in [1.54, 1.807) is 53.1 Å². The van der Waals surface area contributed by atoms with Crippen molar-refractivity contribution < 1.29 is 14.3 Å². The van der Waals surface area contributed by atoms with E-state index in [0.29, 0.717) is 33.0 Å². The Bertz CT molecular complexity index is 1420. The first-order valence-corrected chi connectivity index (χ1v) is 12.4. The Morgan fingerprint density at radius 1 is 1.00 bits per heavy atom. The molecule has 1 N–H and O–H groups in total. The summed E-state index contributed by atoms with van der Waals surface area (Å²) in [6.07, 6.45) is 1.81. The lowest BCUT2D eigenvalue weighted by Gasteiger charge is -2.26. The Balaban J connectivity index is 1.62. The molecule has 0 saturated carbocycles. The number of methoxy groups -OCH3 is 1. The number of nitrogens with one attached hydrogen (secondary N) is 1. The molecule has 37 heavy (non-hydrogen) atoms. The molecule has 0 aliphatic carbocycles. The maximum absolute atomic E-state index is 13.2. The van der Waals surface area contributed by atoms with E-state index in [1.165, 1.54) is 12.0 Å². The summed E-state index contributed by atoms with van der Waals surface area (Å²) >= 11 is 12.3. The average molecular weight is 537 g/mol. The second-order valence-electron chi connectivity index (χ2n) is 8.61. The van der Waals surface area contributed by atoms with Crippen LogP contribution in [0.3, 0.4) is 0 Å². The molecule has 3 aromatic carbocycles. The van der Waals surface area contributed by atoms with Crippen LogP contribution in [-0.2, 0) is 4.79 Å². The first kappa shape index (κ1) is 26.3. The molecule has 1 aromatic heterocycles. The number of hydrogen-bond acceptors (Lipinski definition) is 4. The van der Waals surface area contributed by atoms with Gasteiger partial charge in [0.05, 0.1) is 12.8 Å². The number of rotatable bonds is 8. The Kier molecular flexibility index (Phi) is 8.16. The molecule has 9 heteroatoms. The molecule has 2 amide bonds. The zero-order valence-corrected chi connectivity index (χ0v) is 22.1. The quantitative estimate of drug-likeness (QED) is 0.285. The summed E-state index contributed by atoms with van der Waals surface area (Å²) in [5, 5.41) is 4.03. The monoisotopic (exact) mass is 536 g/mol. The van der Waals surface area contributed by atoms with Crippen LogP contribution in [0.15, 0.2) is 79.0 Å². The van der Waals surface area contributed by atoms with Gasteiger partial charge in [0.25, 0.3) is 5.91 Å². The molecule has 0 aliphatic rings. The molecule has 0 saturated heterocycles. The number of benzene rings is 3. The number of hydrogen-bond donors (Lipinski definition) is 1. The van der Waals surface area contributed by atoms with Crippen LogP contribution in [0, 0.1) is 0 Å². The third-order valence-electron chi connectivity index (χ3n) is 5.70. The van der Waals surface area contributed by atoms with Gasteiger partial charge in [-0.1, -0.05) is 47.5 Å². The van der Waals surface area contributed by atoms with Gasteiger partial charge in [-0.15, -0.1) is 0 Å². The molecule has 0 spiro atoms. The maximum Gasteiger partial charge on any atom is 0.254 e. The molecule has 190 valence electrons. The van der Waals surface area contributed by atoms with Gasteiger partial charge in [0.1, 0.15) is 12.3 Å². The molecule has 7 nitrogen and oxygen atoms in total. The number of ether oxygens (including phenoxy) is 1. The van der Waals surface area contributed by atoms with Crippen molar-refractivity contribution in [2.75, 3.05) is 19.0 Å². The molecule has 0 atom stereocenters. The summed E-state index contributed by atoms with van der Waals surface area (Å²) < 4.78 is 6.98. The highest BCUT2D eigenvalue weighted by Crippen LogP contribution is 2.27. The minimum atomic E-state index is -0.388. The number of imidazole rings is 1. The van der Waals surface area contributed by atoms with Gasteiger partial charge in [-0.2, -0.15) is 0 Å². The Morgan fingerprint density at radius 3 is 2.41 bits per heavy atom. The van der Waals surface area contributed by atoms with Crippen LogP contribution in [0.2, 0.25) is 10.0 Å². The topological polar surface area (TPSA) is 76.5 Å². The lowest BCUT2D eigenvalue weighted by molar-refractivity contribution is -0.117. The Morgan fingerprint density at radius 2 is 1.73 bits per heavy atom. The van der Waals surface area contributed by atoms with Gasteiger partial charge >= 0.3 is 0 Å². The van der Waals surface area contributed by atoms with Gasteiger partial charge in [0.15, 0.2) is 0 Å². The first-order valence-electron chi connectivity index (χ1n) is 11.6. The van der Waals surface area contributed by atoms with Crippen molar-refractivity contribution in [2.24, 2.45) is 0 Å². The molecule has 4 rings (SSSR count). The van der Waals surface area contributed by atoms with Gasteiger partial charge < -0.3 is 9.64 Å². The highest BCUT2D eigenvalue weighted by molar-refractivity contribution is 6.31. The van der Waals surface area contributed by atoms with Crippen molar-refractivity contribution in [3.63, 3.8) is 0 Å². The summed E-state index contributed by atoms with van der Waals surface area (Å²) in [5.41, 5.74) is 2.63. The van der Waals surface area contributed by atoms with Crippen molar-refractivity contribution >= 4 is 41.0 Å². The van der Waals surface area contributed by atoms with E-state index in [4.69, 9.17) is 27.9 Å². The van der Waals surface area contributed by atoms with Crippen LogP contribution < -0.4 is 10.1 Å². The van der Waals surface area contributed by atoms with E-state index < -0.39 is 0 Å². The number of carbonyl (C=O) groups is 2. The van der Waals surface area contributed by atoms with Gasteiger partial charge in [-0.05, 0) is 62.4 Å². The third kappa shape index (κ3) is 6.31. The normalized spacial score (nSPS) is 10.9. The summed E-state index contributed by atoms with van der Waals surface area (Å²) in [6.45, 7) is 3.56. The highest BCUT2D eigenvalue weighted by atomic mass is 35.5. The minimum absolute atomic E-state index is 0.160. The molecule has 1 heterocycles. The van der Waals surface area contributed by atoms with E-state index in [0.717, 1.165) is 11.3 Å². The SMILES string of the molecule is COc1cccc(C(=O)N(CC(=O)Nc2nc(-c3ccc(Cl)cc3)cn2-c2cccc(Cl)c2)C(C)C)c1. The molecular formula is C28H26Cl2N4O3. The van der Waals surface area contributed by atoms with E-state index in [1.807, 2.05) is 44.3 Å². The predicted molar refractivity (Wildman–Crippen MR) is 147 cm³/mol. The van der Waals surface area contributed by atoms with Crippen LogP contribution in [0.1, 0.15) is 24.2 Å². The van der Waals surface area contributed by atoms with Gasteiger partial charge in [-0.3, -0.25) is 19.5 Å². The van der Waals surface area contributed by atoms with Crippen molar-refractivity contribution in [1.82, 2.24) is 14.5 Å². The summed E-state index contributed by atoms with van der Waals surface area (Å²) in [4.78, 5) is 32.6. The Hall–Kier alpha value is -3.81. The van der Waals surface area contributed by atoms with Crippen molar-refractivity contribution in [3.8, 4) is 22.7 Å². The number of halogens is 2. The smallest absolute Gasteiger partial charge is 0.254 e. The number of anilines is 1. The molecule has 0 unspecified atom stereocenters. The summed E-state index contributed by atoms with van der Waals surface area (Å²) in [6, 6.07) is 21.1. The fraction of sp³-hybridized carbons (Fsp3) is 0.179. The number of amides is 2. The molecule has 0 fully saturated rings. The number of nitrogens with zero attached hydrogens (tertiary/aromatic N) is 3. The zero-order valence-electron chi connectivity index (χ0n) is 20.6. The van der Waals surface area contributed by atoms with Gasteiger partial charge in [0, 0.05) is 39.1 Å². The minimum Gasteiger partial charge on any atom is -0.497 e. The predicted octanol–water partition coefficient (Wildman–Crippen LogP) is 6.34. The van der Waals surface area contributed by atoms with Gasteiger partial charge in [0.2, 0.25) is 11.9 Å². The number of aromatic nitrogens is 2. The summed E-state index contributed by atoms with van der Waals surface area (Å²) in [5.74, 6) is 0.206. The maximum atomic E-state index is 13.2. The standard InChI is InChI=1S/C28H26Cl2N4O3/c1-18(2)33(27(36)20-6-4-9-24(14-20)37-3)17-26(35)32-28-31-25(19-10-12-21(29)13-11-19)16-34(28)23-8-5-7-22(30)15-23/h4-16,18H,17H2,1-3H3,(H,31,32,35). The molecule has 0 bridgehead atoms. The second kappa shape index (κ2) is 11.5. The lowest BCUT2D eigenvalue weighted by atomic mass is 10.1. The van der Waals surface area contributed by atoms with Crippen molar-refractivity contribution in [1.29, 1.82) is 0 Å². The highest BCUT2D eigenvalue weighted by Gasteiger charge is 2.23. The van der Waals surface area contributed by atoms with E-state index in [2.05, 4.69) is 10.3 Å². The van der Waals surface area contributed by atoms with Crippen LogP contribution in [0.25, 0.3) is 16.9 Å². The van der Waals surface area contributed by atoms with Gasteiger partial charge in [-0.25, -0.2) is 4.98 Å². The van der Waals surface area contributed by atoms with Crippen molar-refractivity contribution in [2.45, 2.75) is 19.9 Å². The molecule has 0 radical (unpaired) electrons. The number of carbonyl (C=O) groups excluding carboxylic acids is 2. The van der Waals surface area contributed by atoms with E-state index in [-0.39, 0.29) is 24.4 Å². The fourth-order valence-corrected chi connectivity index (χ4v) is 4.09. The average Bonchev–Trinajstić information content (AvgIpc) is 3.30. The van der Waals surface area contributed by atoms with Crippen LogP contribution in [0.5, 0.6) is 5.75 Å². The molecule has 0 aliphatic heterocycles. The molecular weight excluding hydrogens is 511 g/mol. The third-order valence-corrected chi connectivity index (χ3v) is 6.19.